The van der Waals surface area contributed by atoms with Crippen molar-refractivity contribution in [2.75, 3.05) is 0 Å². The first kappa shape index (κ1) is 18.5. The molecule has 29 heavy (non-hydrogen) atoms. The van der Waals surface area contributed by atoms with Crippen molar-refractivity contribution in [3.63, 3.8) is 0 Å². The van der Waals surface area contributed by atoms with Gasteiger partial charge in [0.25, 0.3) is 11.7 Å². The number of Topliss-reactive ketones (excluding diaryl/α,β-unsaturated/α-hetero) is 1. The van der Waals surface area contributed by atoms with E-state index in [0.29, 0.717) is 5.69 Å². The van der Waals surface area contributed by atoms with E-state index in [9.17, 15) is 19.1 Å². The summed E-state index contributed by atoms with van der Waals surface area (Å²) < 4.78 is 13.3. The monoisotopic (exact) mass is 389 g/mol. The number of nitrogens with zero attached hydrogens (tertiary/aromatic N) is 3. The van der Waals surface area contributed by atoms with Crippen LogP contribution >= 0.6 is 0 Å². The second kappa shape index (κ2) is 7.63. The van der Waals surface area contributed by atoms with Crippen LogP contribution in [-0.4, -0.2) is 31.7 Å². The lowest BCUT2D eigenvalue weighted by Crippen LogP contribution is -2.29. The van der Waals surface area contributed by atoms with Crippen LogP contribution in [-0.2, 0) is 16.1 Å². The fourth-order valence-corrected chi connectivity index (χ4v) is 3.34. The third kappa shape index (κ3) is 3.50. The molecule has 1 saturated heterocycles. The zero-order valence-corrected chi connectivity index (χ0v) is 15.2. The molecule has 7 heteroatoms. The maximum atomic E-state index is 13.3. The van der Waals surface area contributed by atoms with Crippen LogP contribution in [0, 0.1) is 5.82 Å². The normalized spacial score (nSPS) is 18.2. The van der Waals surface area contributed by atoms with E-state index in [4.69, 9.17) is 0 Å². The van der Waals surface area contributed by atoms with Crippen LogP contribution in [0.1, 0.15) is 22.9 Å². The van der Waals surface area contributed by atoms with Crippen molar-refractivity contribution in [3.8, 4) is 0 Å². The Kier molecular flexibility index (Phi) is 4.87. The van der Waals surface area contributed by atoms with Crippen molar-refractivity contribution < 1.29 is 19.1 Å². The molecule has 0 saturated carbocycles. The lowest BCUT2D eigenvalue weighted by Gasteiger charge is -2.24. The van der Waals surface area contributed by atoms with Crippen LogP contribution < -0.4 is 0 Å². The van der Waals surface area contributed by atoms with Gasteiger partial charge in [-0.15, -0.1) is 0 Å². The SMILES string of the molecule is O=C1C(=O)N(Cc2cccnc2)[C@@H](c2ccccn2)/C1=C(\O)c1ccc(F)cc1. The van der Waals surface area contributed by atoms with Gasteiger partial charge in [0.15, 0.2) is 0 Å². The first-order valence-corrected chi connectivity index (χ1v) is 8.90. The van der Waals surface area contributed by atoms with Crippen LogP contribution in [0.15, 0.2) is 78.8 Å². The maximum absolute atomic E-state index is 13.3. The van der Waals surface area contributed by atoms with Gasteiger partial charge in [-0.2, -0.15) is 0 Å². The van der Waals surface area contributed by atoms with Gasteiger partial charge < -0.3 is 10.0 Å². The molecule has 3 aromatic rings. The average molecular weight is 389 g/mol. The first-order valence-electron chi connectivity index (χ1n) is 8.90. The second-order valence-corrected chi connectivity index (χ2v) is 6.55. The highest BCUT2D eigenvalue weighted by molar-refractivity contribution is 6.46. The summed E-state index contributed by atoms with van der Waals surface area (Å²) >= 11 is 0. The molecule has 3 heterocycles. The van der Waals surface area contributed by atoms with Crippen LogP contribution in [0.5, 0.6) is 0 Å². The van der Waals surface area contributed by atoms with Crippen LogP contribution in [0.4, 0.5) is 4.39 Å². The van der Waals surface area contributed by atoms with Crippen LogP contribution in [0.3, 0.4) is 0 Å². The number of likely N-dealkylation sites (tertiary alicyclic amines) is 1. The molecule has 4 rings (SSSR count). The minimum atomic E-state index is -0.874. The van der Waals surface area contributed by atoms with Gasteiger partial charge in [0.05, 0.1) is 11.3 Å². The standard InChI is InChI=1S/C22H16FN3O3/c23-16-8-6-15(7-9-16)20(27)18-19(17-5-1-2-11-25-17)26(22(29)21(18)28)13-14-4-3-10-24-12-14/h1-12,19,27H,13H2/b20-18+/t19-/m0/s1. The Hall–Kier alpha value is -3.87. The largest absolute Gasteiger partial charge is 0.507 e. The van der Waals surface area contributed by atoms with Crippen LogP contribution in [0.2, 0.25) is 0 Å². The second-order valence-electron chi connectivity index (χ2n) is 6.55. The number of amides is 1. The molecule has 0 aliphatic carbocycles. The summed E-state index contributed by atoms with van der Waals surface area (Å²) in [6.45, 7) is 0.125. The summed E-state index contributed by atoms with van der Waals surface area (Å²) in [6.07, 6.45) is 4.77. The Morgan fingerprint density at radius 3 is 2.48 bits per heavy atom. The Bertz CT molecular complexity index is 1080. The number of ketones is 1. The van der Waals surface area contributed by atoms with E-state index in [-0.39, 0.29) is 23.4 Å². The summed E-state index contributed by atoms with van der Waals surface area (Å²) in [7, 11) is 0. The van der Waals surface area contributed by atoms with Gasteiger partial charge in [-0.25, -0.2) is 4.39 Å². The van der Waals surface area contributed by atoms with E-state index in [0.717, 1.165) is 5.56 Å². The molecule has 0 spiro atoms. The summed E-state index contributed by atoms with van der Waals surface area (Å²) in [5.74, 6) is -2.40. The molecule has 1 amide bonds. The zero-order valence-electron chi connectivity index (χ0n) is 15.2. The van der Waals surface area contributed by atoms with Gasteiger partial charge in [-0.05, 0) is 48.0 Å². The number of aliphatic hydroxyl groups excluding tert-OH is 1. The molecule has 1 aliphatic rings. The number of rotatable bonds is 4. The van der Waals surface area contributed by atoms with Gasteiger partial charge in [0.1, 0.15) is 17.6 Å². The molecule has 1 N–H and O–H groups in total. The molecule has 6 nitrogen and oxygen atoms in total. The summed E-state index contributed by atoms with van der Waals surface area (Å²) in [5.41, 5.74) is 1.34. The number of carbonyl (C=O) groups excluding carboxylic acids is 2. The number of benzene rings is 1. The van der Waals surface area contributed by atoms with Gasteiger partial charge in [0.2, 0.25) is 0 Å². The summed E-state index contributed by atoms with van der Waals surface area (Å²) in [5, 5.41) is 10.8. The number of aliphatic hydroxyl groups is 1. The van der Waals surface area contributed by atoms with Crippen molar-refractivity contribution in [1.82, 2.24) is 14.9 Å². The van der Waals surface area contributed by atoms with Crippen molar-refractivity contribution in [2.45, 2.75) is 12.6 Å². The quantitative estimate of drug-likeness (QED) is 0.421. The Morgan fingerprint density at radius 2 is 1.83 bits per heavy atom. The lowest BCUT2D eigenvalue weighted by molar-refractivity contribution is -0.140. The smallest absolute Gasteiger partial charge is 0.296 e. The van der Waals surface area contributed by atoms with Crippen molar-refractivity contribution in [3.05, 3.63) is 101 Å². The van der Waals surface area contributed by atoms with Gasteiger partial charge in [-0.1, -0.05) is 12.1 Å². The average Bonchev–Trinajstić information content (AvgIpc) is 3.00. The predicted molar refractivity (Wildman–Crippen MR) is 103 cm³/mol. The summed E-state index contributed by atoms with van der Waals surface area (Å²) in [4.78, 5) is 35.4. The molecular weight excluding hydrogens is 373 g/mol. The molecule has 0 unspecified atom stereocenters. The molecule has 2 aromatic heterocycles. The zero-order chi connectivity index (χ0) is 20.4. The topological polar surface area (TPSA) is 83.4 Å². The van der Waals surface area contributed by atoms with Crippen molar-refractivity contribution >= 4 is 17.4 Å². The van der Waals surface area contributed by atoms with E-state index in [1.54, 1.807) is 48.9 Å². The van der Waals surface area contributed by atoms with E-state index >= 15 is 0 Å². The molecule has 1 atom stereocenters. The Labute approximate surface area is 166 Å². The number of carbonyl (C=O) groups is 2. The van der Waals surface area contributed by atoms with Crippen molar-refractivity contribution in [2.24, 2.45) is 0 Å². The number of pyridine rings is 2. The third-order valence-electron chi connectivity index (χ3n) is 4.70. The Balaban J connectivity index is 1.85. The molecule has 144 valence electrons. The fraction of sp³-hybridized carbons (Fsp3) is 0.0909. The van der Waals surface area contributed by atoms with Gasteiger partial charge >= 0.3 is 0 Å². The Morgan fingerprint density at radius 1 is 1.03 bits per heavy atom. The molecule has 0 radical (unpaired) electrons. The fourth-order valence-electron chi connectivity index (χ4n) is 3.34. The van der Waals surface area contributed by atoms with E-state index in [2.05, 4.69) is 9.97 Å². The number of hydrogen-bond acceptors (Lipinski definition) is 5. The lowest BCUT2D eigenvalue weighted by atomic mass is 9.98. The van der Waals surface area contributed by atoms with E-state index in [1.165, 1.54) is 29.2 Å². The van der Waals surface area contributed by atoms with Crippen molar-refractivity contribution in [1.29, 1.82) is 0 Å². The highest BCUT2D eigenvalue weighted by Gasteiger charge is 2.46. The summed E-state index contributed by atoms with van der Waals surface area (Å²) in [6, 6.07) is 12.9. The number of aromatic nitrogens is 2. The minimum absolute atomic E-state index is 0.0794. The number of halogens is 1. The molecule has 1 fully saturated rings. The number of hydrogen-bond donors (Lipinski definition) is 1. The van der Waals surface area contributed by atoms with Gasteiger partial charge in [0, 0.05) is 30.7 Å². The molecule has 1 aromatic carbocycles. The van der Waals surface area contributed by atoms with E-state index < -0.39 is 23.5 Å². The van der Waals surface area contributed by atoms with Crippen LogP contribution in [0.25, 0.3) is 5.76 Å². The molecule has 1 aliphatic heterocycles. The van der Waals surface area contributed by atoms with Gasteiger partial charge in [-0.3, -0.25) is 19.6 Å². The third-order valence-corrected chi connectivity index (χ3v) is 4.70. The highest BCUT2D eigenvalue weighted by atomic mass is 19.1. The maximum Gasteiger partial charge on any atom is 0.296 e. The minimum Gasteiger partial charge on any atom is -0.507 e. The molecular formula is C22H16FN3O3. The highest BCUT2D eigenvalue weighted by Crippen LogP contribution is 2.39. The molecule has 0 bridgehead atoms. The first-order chi connectivity index (χ1) is 14.1. The van der Waals surface area contributed by atoms with E-state index in [1.807, 2.05) is 0 Å². The predicted octanol–water partition coefficient (Wildman–Crippen LogP) is 3.24.